The van der Waals surface area contributed by atoms with Crippen LogP contribution in [0, 0.1) is 11.6 Å². The smallest absolute Gasteiger partial charge is 0.126 e. The zero-order chi connectivity index (χ0) is 18.4. The van der Waals surface area contributed by atoms with Gasteiger partial charge in [0.05, 0.1) is 6.10 Å². The Balaban J connectivity index is 1.84. The number of nitrogens with one attached hydrogen (secondary N) is 1. The maximum atomic E-state index is 13.2. The molecule has 3 nitrogen and oxygen atoms in total. The summed E-state index contributed by atoms with van der Waals surface area (Å²) in [5.74, 6) is -1.29. The minimum absolute atomic E-state index is 0.197. The Morgan fingerprint density at radius 1 is 1.16 bits per heavy atom. The van der Waals surface area contributed by atoms with Gasteiger partial charge >= 0.3 is 0 Å². The molecule has 0 saturated heterocycles. The van der Waals surface area contributed by atoms with E-state index in [0.717, 1.165) is 22.8 Å². The predicted molar refractivity (Wildman–Crippen MR) is 96.9 cm³/mol. The third-order valence-electron chi connectivity index (χ3n) is 3.99. The van der Waals surface area contributed by atoms with E-state index in [2.05, 4.69) is 11.9 Å². The summed E-state index contributed by atoms with van der Waals surface area (Å²) < 4.78 is 26.4. The molecule has 5 heteroatoms. The zero-order valence-corrected chi connectivity index (χ0v) is 14.3. The van der Waals surface area contributed by atoms with Crippen molar-refractivity contribution in [3.8, 4) is 0 Å². The lowest BCUT2D eigenvalue weighted by molar-refractivity contribution is 0.141. The molecule has 2 aromatic rings. The minimum atomic E-state index is -0.823. The van der Waals surface area contributed by atoms with Crippen molar-refractivity contribution < 1.29 is 13.9 Å². The number of nitrogens with two attached hydrogens (primary N) is 1. The molecule has 0 saturated carbocycles. The highest BCUT2D eigenvalue weighted by molar-refractivity contribution is 5.61. The molecule has 25 heavy (non-hydrogen) atoms. The molecule has 134 valence electrons. The third-order valence-corrected chi connectivity index (χ3v) is 3.99. The van der Waals surface area contributed by atoms with E-state index in [1.165, 1.54) is 12.1 Å². The topological polar surface area (TPSA) is 58.3 Å². The van der Waals surface area contributed by atoms with E-state index in [-0.39, 0.29) is 13.0 Å². The fourth-order valence-electron chi connectivity index (χ4n) is 2.60. The number of hydrogen-bond acceptors (Lipinski definition) is 3. The molecule has 0 fully saturated rings. The Labute approximate surface area is 147 Å². The van der Waals surface area contributed by atoms with Crippen LogP contribution in [0.5, 0.6) is 0 Å². The van der Waals surface area contributed by atoms with Gasteiger partial charge in [-0.05, 0) is 42.2 Å². The summed E-state index contributed by atoms with van der Waals surface area (Å²) in [6, 6.07) is 10.6. The van der Waals surface area contributed by atoms with Crippen molar-refractivity contribution >= 4 is 5.57 Å². The van der Waals surface area contributed by atoms with Crippen LogP contribution in [-0.2, 0) is 13.0 Å². The number of halogens is 2. The van der Waals surface area contributed by atoms with Crippen LogP contribution in [0.4, 0.5) is 8.78 Å². The molecule has 0 heterocycles. The molecular formula is C20H24F2N2O. The van der Waals surface area contributed by atoms with E-state index in [1.807, 2.05) is 31.2 Å². The summed E-state index contributed by atoms with van der Waals surface area (Å²) in [7, 11) is 0. The van der Waals surface area contributed by atoms with Crippen molar-refractivity contribution in [3.63, 3.8) is 0 Å². The molecule has 2 unspecified atom stereocenters. The van der Waals surface area contributed by atoms with Crippen LogP contribution in [0.1, 0.15) is 23.6 Å². The van der Waals surface area contributed by atoms with Crippen LogP contribution >= 0.6 is 0 Å². The highest BCUT2D eigenvalue weighted by Crippen LogP contribution is 2.13. The first-order chi connectivity index (χ1) is 11.8. The molecule has 2 atom stereocenters. The predicted octanol–water partition coefficient (Wildman–Crippen LogP) is 3.02. The zero-order valence-electron chi connectivity index (χ0n) is 14.3. The Morgan fingerprint density at radius 3 is 2.48 bits per heavy atom. The van der Waals surface area contributed by atoms with E-state index < -0.39 is 23.8 Å². The average Bonchev–Trinajstić information content (AvgIpc) is 2.54. The van der Waals surface area contributed by atoms with Crippen LogP contribution in [0.3, 0.4) is 0 Å². The van der Waals surface area contributed by atoms with Crippen molar-refractivity contribution in [2.24, 2.45) is 5.73 Å². The lowest BCUT2D eigenvalue weighted by Crippen LogP contribution is -2.43. The number of aliphatic hydroxyl groups excluding tert-OH is 1. The SMILES string of the molecule is C=C(C)c1cccc(CNCC(O)C(N)Cc2cc(F)cc(F)c2)c1. The molecule has 0 aromatic heterocycles. The minimum Gasteiger partial charge on any atom is -0.390 e. The van der Waals surface area contributed by atoms with Gasteiger partial charge in [0.15, 0.2) is 0 Å². The van der Waals surface area contributed by atoms with Crippen LogP contribution < -0.4 is 11.1 Å². The fraction of sp³-hybridized carbons (Fsp3) is 0.300. The van der Waals surface area contributed by atoms with E-state index in [0.29, 0.717) is 12.1 Å². The van der Waals surface area contributed by atoms with Gasteiger partial charge in [-0.3, -0.25) is 0 Å². The largest absolute Gasteiger partial charge is 0.390 e. The summed E-state index contributed by atoms with van der Waals surface area (Å²) in [5, 5.41) is 13.3. The second-order valence-electron chi connectivity index (χ2n) is 6.32. The van der Waals surface area contributed by atoms with Gasteiger partial charge in [-0.15, -0.1) is 0 Å². The number of benzene rings is 2. The van der Waals surface area contributed by atoms with Gasteiger partial charge in [-0.2, -0.15) is 0 Å². The maximum absolute atomic E-state index is 13.2. The molecule has 0 bridgehead atoms. The fourth-order valence-corrected chi connectivity index (χ4v) is 2.60. The molecule has 0 spiro atoms. The highest BCUT2D eigenvalue weighted by atomic mass is 19.1. The van der Waals surface area contributed by atoms with Gasteiger partial charge in [0.1, 0.15) is 11.6 Å². The standard InChI is InChI=1S/C20H24F2N2O/c1-13(2)16-5-3-4-14(6-16)11-24-12-20(25)19(23)9-15-7-17(21)10-18(22)8-15/h3-8,10,19-20,24-25H,1,9,11-12,23H2,2H3. The summed E-state index contributed by atoms with van der Waals surface area (Å²) >= 11 is 0. The van der Waals surface area contributed by atoms with Crippen molar-refractivity contribution in [3.05, 3.63) is 77.4 Å². The van der Waals surface area contributed by atoms with Gasteiger partial charge in [0.25, 0.3) is 0 Å². The first-order valence-electron chi connectivity index (χ1n) is 8.19. The molecule has 2 rings (SSSR count). The molecule has 4 N–H and O–H groups in total. The van der Waals surface area contributed by atoms with E-state index >= 15 is 0 Å². The van der Waals surface area contributed by atoms with Gasteiger partial charge in [0.2, 0.25) is 0 Å². The van der Waals surface area contributed by atoms with Crippen molar-refractivity contribution in [1.82, 2.24) is 5.32 Å². The quantitative estimate of drug-likeness (QED) is 0.689. The van der Waals surface area contributed by atoms with E-state index in [4.69, 9.17) is 5.73 Å². The first kappa shape index (κ1) is 19.2. The van der Waals surface area contributed by atoms with Gasteiger partial charge in [-0.25, -0.2) is 8.78 Å². The summed E-state index contributed by atoms with van der Waals surface area (Å²) in [6.07, 6.45) is -0.626. The van der Waals surface area contributed by atoms with Crippen LogP contribution in [-0.4, -0.2) is 23.8 Å². The number of allylic oxidation sites excluding steroid dienone is 1. The molecule has 0 aliphatic rings. The number of aliphatic hydroxyl groups is 1. The van der Waals surface area contributed by atoms with Gasteiger partial charge in [0, 0.05) is 25.2 Å². The molecule has 0 aliphatic heterocycles. The second kappa shape index (κ2) is 8.85. The Morgan fingerprint density at radius 2 is 1.84 bits per heavy atom. The molecule has 2 aromatic carbocycles. The molecule has 0 aliphatic carbocycles. The Kier molecular flexibility index (Phi) is 6.82. The monoisotopic (exact) mass is 346 g/mol. The van der Waals surface area contributed by atoms with Gasteiger partial charge < -0.3 is 16.2 Å². The first-order valence-corrected chi connectivity index (χ1v) is 8.19. The van der Waals surface area contributed by atoms with Crippen LogP contribution in [0.15, 0.2) is 49.0 Å². The lowest BCUT2D eigenvalue weighted by Gasteiger charge is -2.19. The lowest BCUT2D eigenvalue weighted by atomic mass is 10.0. The van der Waals surface area contributed by atoms with Crippen LogP contribution in [0.2, 0.25) is 0 Å². The maximum Gasteiger partial charge on any atom is 0.126 e. The number of rotatable bonds is 8. The summed E-state index contributed by atoms with van der Waals surface area (Å²) in [5.41, 5.74) is 9.52. The summed E-state index contributed by atoms with van der Waals surface area (Å²) in [6.45, 7) is 6.74. The average molecular weight is 346 g/mol. The molecular weight excluding hydrogens is 322 g/mol. The van der Waals surface area contributed by atoms with Crippen LogP contribution in [0.25, 0.3) is 5.57 Å². The summed E-state index contributed by atoms with van der Waals surface area (Å²) in [4.78, 5) is 0. The normalized spacial score (nSPS) is 13.5. The van der Waals surface area contributed by atoms with Crippen molar-refractivity contribution in [2.75, 3.05) is 6.54 Å². The van der Waals surface area contributed by atoms with Crippen molar-refractivity contribution in [2.45, 2.75) is 32.0 Å². The second-order valence-corrected chi connectivity index (χ2v) is 6.32. The van der Waals surface area contributed by atoms with E-state index in [1.54, 1.807) is 0 Å². The Bertz CT molecular complexity index is 713. The van der Waals surface area contributed by atoms with Gasteiger partial charge in [-0.1, -0.05) is 36.4 Å². The highest BCUT2D eigenvalue weighted by Gasteiger charge is 2.16. The van der Waals surface area contributed by atoms with Crippen molar-refractivity contribution in [1.29, 1.82) is 0 Å². The molecule has 0 amide bonds. The number of hydrogen-bond donors (Lipinski definition) is 3. The van der Waals surface area contributed by atoms with E-state index in [9.17, 15) is 13.9 Å². The molecule has 0 radical (unpaired) electrons. The Hall–Kier alpha value is -2.08. The third kappa shape index (κ3) is 6.05.